The van der Waals surface area contributed by atoms with Crippen LogP contribution < -0.4 is 10.2 Å². The summed E-state index contributed by atoms with van der Waals surface area (Å²) in [6.45, 7) is 4.37. The van der Waals surface area contributed by atoms with Crippen LogP contribution in [-0.4, -0.2) is 66.8 Å². The molecule has 0 bridgehead atoms. The lowest BCUT2D eigenvalue weighted by Crippen LogP contribution is -2.42. The molecule has 1 N–H and O–H groups in total. The molecule has 0 radical (unpaired) electrons. The van der Waals surface area contributed by atoms with Crippen LogP contribution in [0.3, 0.4) is 0 Å². The van der Waals surface area contributed by atoms with Gasteiger partial charge >= 0.3 is 6.03 Å². The number of halogens is 1. The van der Waals surface area contributed by atoms with E-state index in [4.69, 9.17) is 9.72 Å². The first kappa shape index (κ1) is 20.0. The standard InChI is InChI=1S/C21H26BrN5O2/c1-29-14-3-8-23-21(28)26-10-4-9-25(12-13-26)20-19-5-2-11-27(19)18-7-6-16(22)15-17(18)24-20/h2,5-7,11,15H,3-4,8-10,12-14H2,1H3,(H,23,28). The molecule has 7 nitrogen and oxygen atoms in total. The number of urea groups is 1. The van der Waals surface area contributed by atoms with Crippen molar-refractivity contribution >= 4 is 44.3 Å². The Kier molecular flexibility index (Phi) is 6.20. The number of benzene rings is 1. The van der Waals surface area contributed by atoms with Gasteiger partial charge in [-0.25, -0.2) is 9.78 Å². The van der Waals surface area contributed by atoms with E-state index >= 15 is 0 Å². The van der Waals surface area contributed by atoms with E-state index in [9.17, 15) is 4.79 Å². The molecule has 3 aromatic rings. The Labute approximate surface area is 178 Å². The monoisotopic (exact) mass is 459 g/mol. The zero-order valence-electron chi connectivity index (χ0n) is 16.6. The molecule has 1 aliphatic rings. The molecule has 0 spiro atoms. The van der Waals surface area contributed by atoms with Gasteiger partial charge < -0.3 is 24.3 Å². The third-order valence-corrected chi connectivity index (χ3v) is 5.78. The highest BCUT2D eigenvalue weighted by Gasteiger charge is 2.21. The van der Waals surface area contributed by atoms with Gasteiger partial charge in [0.15, 0.2) is 5.82 Å². The van der Waals surface area contributed by atoms with Gasteiger partial charge in [-0.3, -0.25) is 0 Å². The predicted molar refractivity (Wildman–Crippen MR) is 119 cm³/mol. The van der Waals surface area contributed by atoms with Crippen LogP contribution in [0.15, 0.2) is 41.0 Å². The molecule has 3 heterocycles. The smallest absolute Gasteiger partial charge is 0.317 e. The van der Waals surface area contributed by atoms with Gasteiger partial charge in [0.1, 0.15) is 0 Å². The molecule has 2 aromatic heterocycles. The second kappa shape index (κ2) is 9.00. The number of hydrogen-bond donors (Lipinski definition) is 1. The Morgan fingerprint density at radius 2 is 2.10 bits per heavy atom. The lowest BCUT2D eigenvalue weighted by atomic mass is 10.3. The number of rotatable bonds is 5. The van der Waals surface area contributed by atoms with Crippen molar-refractivity contribution < 1.29 is 9.53 Å². The average molecular weight is 460 g/mol. The molecule has 1 fully saturated rings. The summed E-state index contributed by atoms with van der Waals surface area (Å²) in [5.41, 5.74) is 3.14. The topological polar surface area (TPSA) is 62.1 Å². The minimum Gasteiger partial charge on any atom is -0.385 e. The average Bonchev–Trinajstić information content (AvgIpc) is 3.08. The van der Waals surface area contributed by atoms with Crippen LogP contribution >= 0.6 is 15.9 Å². The summed E-state index contributed by atoms with van der Waals surface area (Å²) in [6.07, 6.45) is 3.82. The second-order valence-electron chi connectivity index (χ2n) is 7.24. The lowest BCUT2D eigenvalue weighted by Gasteiger charge is -2.24. The summed E-state index contributed by atoms with van der Waals surface area (Å²) in [7, 11) is 1.67. The van der Waals surface area contributed by atoms with E-state index in [1.807, 2.05) is 11.0 Å². The number of ether oxygens (including phenoxy) is 1. The maximum absolute atomic E-state index is 12.5. The minimum atomic E-state index is 0.00573. The third kappa shape index (κ3) is 4.33. The van der Waals surface area contributed by atoms with E-state index in [0.717, 1.165) is 59.3 Å². The fraction of sp³-hybridized carbons (Fsp3) is 0.429. The van der Waals surface area contributed by atoms with Crippen LogP contribution in [0.4, 0.5) is 10.6 Å². The number of nitrogens with zero attached hydrogens (tertiary/aromatic N) is 4. The van der Waals surface area contributed by atoms with Crippen LogP contribution in [0.2, 0.25) is 0 Å². The highest BCUT2D eigenvalue weighted by atomic mass is 79.9. The van der Waals surface area contributed by atoms with Crippen molar-refractivity contribution in [2.75, 3.05) is 51.3 Å². The molecule has 0 saturated carbocycles. The number of amides is 2. The predicted octanol–water partition coefficient (Wildman–Crippen LogP) is 3.51. The summed E-state index contributed by atoms with van der Waals surface area (Å²) >= 11 is 3.55. The third-order valence-electron chi connectivity index (χ3n) is 5.29. The molecule has 29 heavy (non-hydrogen) atoms. The molecular weight excluding hydrogens is 434 g/mol. The summed E-state index contributed by atoms with van der Waals surface area (Å²) in [4.78, 5) is 21.7. The zero-order chi connectivity index (χ0) is 20.2. The van der Waals surface area contributed by atoms with Crippen molar-refractivity contribution in [3.63, 3.8) is 0 Å². The number of methoxy groups -OCH3 is 1. The minimum absolute atomic E-state index is 0.00573. The van der Waals surface area contributed by atoms with E-state index in [2.05, 4.69) is 61.0 Å². The molecule has 2 amide bonds. The van der Waals surface area contributed by atoms with E-state index in [-0.39, 0.29) is 6.03 Å². The maximum atomic E-state index is 12.5. The summed E-state index contributed by atoms with van der Waals surface area (Å²) in [5.74, 6) is 0.975. The highest BCUT2D eigenvalue weighted by Crippen LogP contribution is 2.27. The van der Waals surface area contributed by atoms with Crippen LogP contribution in [0, 0.1) is 0 Å². The Morgan fingerprint density at radius 3 is 2.97 bits per heavy atom. The van der Waals surface area contributed by atoms with Crippen molar-refractivity contribution in [2.24, 2.45) is 0 Å². The number of anilines is 1. The van der Waals surface area contributed by atoms with Gasteiger partial charge in [-0.2, -0.15) is 0 Å². The Balaban J connectivity index is 1.52. The fourth-order valence-electron chi connectivity index (χ4n) is 3.82. The molecule has 154 valence electrons. The van der Waals surface area contributed by atoms with Gasteiger partial charge in [0.25, 0.3) is 0 Å². The molecule has 1 saturated heterocycles. The second-order valence-corrected chi connectivity index (χ2v) is 8.15. The number of fused-ring (bicyclic) bond motifs is 3. The summed E-state index contributed by atoms with van der Waals surface area (Å²) in [5, 5.41) is 2.99. The first-order valence-electron chi connectivity index (χ1n) is 10.0. The molecule has 1 aromatic carbocycles. The molecular formula is C21H26BrN5O2. The first-order valence-corrected chi connectivity index (χ1v) is 10.8. The highest BCUT2D eigenvalue weighted by molar-refractivity contribution is 9.10. The molecule has 0 aliphatic carbocycles. The summed E-state index contributed by atoms with van der Waals surface area (Å²) in [6, 6.07) is 10.3. The van der Waals surface area contributed by atoms with Gasteiger partial charge in [-0.15, -0.1) is 0 Å². The summed E-state index contributed by atoms with van der Waals surface area (Å²) < 4.78 is 8.24. The zero-order valence-corrected chi connectivity index (χ0v) is 18.2. The molecule has 4 rings (SSSR count). The van der Waals surface area contributed by atoms with Gasteiger partial charge in [-0.05, 0) is 43.2 Å². The molecule has 0 unspecified atom stereocenters. The number of hydrogen-bond acceptors (Lipinski definition) is 4. The van der Waals surface area contributed by atoms with Crippen molar-refractivity contribution in [1.82, 2.24) is 19.6 Å². The number of carbonyl (C=O) groups excluding carboxylic acids is 1. The van der Waals surface area contributed by atoms with E-state index in [1.54, 1.807) is 7.11 Å². The lowest BCUT2D eigenvalue weighted by molar-refractivity contribution is 0.186. The normalized spacial score (nSPS) is 15.1. The van der Waals surface area contributed by atoms with Crippen LogP contribution in [0.5, 0.6) is 0 Å². The van der Waals surface area contributed by atoms with Gasteiger partial charge in [0.2, 0.25) is 0 Å². The quantitative estimate of drug-likeness (QED) is 0.593. The maximum Gasteiger partial charge on any atom is 0.317 e. The van der Waals surface area contributed by atoms with Crippen LogP contribution in [-0.2, 0) is 4.74 Å². The van der Waals surface area contributed by atoms with Crippen molar-refractivity contribution in [3.05, 3.63) is 41.0 Å². The van der Waals surface area contributed by atoms with Crippen LogP contribution in [0.1, 0.15) is 12.8 Å². The van der Waals surface area contributed by atoms with Gasteiger partial charge in [-0.1, -0.05) is 15.9 Å². The van der Waals surface area contributed by atoms with Crippen LogP contribution in [0.25, 0.3) is 16.6 Å². The Bertz CT molecular complexity index is 1010. The Hall–Kier alpha value is -2.32. The fourth-order valence-corrected chi connectivity index (χ4v) is 4.17. The number of carbonyl (C=O) groups is 1. The molecule has 0 atom stereocenters. The van der Waals surface area contributed by atoms with E-state index in [0.29, 0.717) is 19.7 Å². The van der Waals surface area contributed by atoms with Gasteiger partial charge in [0.05, 0.1) is 16.6 Å². The molecule has 8 heteroatoms. The number of aromatic nitrogens is 2. The first-order chi connectivity index (χ1) is 14.2. The molecule has 1 aliphatic heterocycles. The Morgan fingerprint density at radius 1 is 1.21 bits per heavy atom. The van der Waals surface area contributed by atoms with Gasteiger partial charge in [0, 0.05) is 57.1 Å². The number of nitrogens with one attached hydrogen (secondary N) is 1. The van der Waals surface area contributed by atoms with E-state index < -0.39 is 0 Å². The van der Waals surface area contributed by atoms with E-state index in [1.165, 1.54) is 0 Å². The van der Waals surface area contributed by atoms with Crippen molar-refractivity contribution in [3.8, 4) is 0 Å². The SMILES string of the molecule is COCCCNC(=O)N1CCCN(c2nc3cc(Br)ccc3n3cccc23)CC1. The van der Waals surface area contributed by atoms with Crippen molar-refractivity contribution in [1.29, 1.82) is 0 Å². The van der Waals surface area contributed by atoms with Crippen molar-refractivity contribution in [2.45, 2.75) is 12.8 Å². The largest absolute Gasteiger partial charge is 0.385 e.